The van der Waals surface area contributed by atoms with Crippen molar-refractivity contribution in [2.24, 2.45) is 0 Å². The van der Waals surface area contributed by atoms with Gasteiger partial charge in [0.25, 0.3) is 0 Å². The number of hydrogen-bond acceptors (Lipinski definition) is 4. The first-order valence-corrected chi connectivity index (χ1v) is 9.34. The summed E-state index contributed by atoms with van der Waals surface area (Å²) in [6.45, 7) is 0. The molecule has 1 aliphatic carbocycles. The van der Waals surface area contributed by atoms with E-state index < -0.39 is 0 Å². The third-order valence-corrected chi connectivity index (χ3v) is 5.27. The van der Waals surface area contributed by atoms with E-state index in [1.165, 1.54) is 18.5 Å². The average molecular weight is 367 g/mol. The Morgan fingerprint density at radius 2 is 2.00 bits per heavy atom. The Morgan fingerprint density at radius 3 is 2.86 bits per heavy atom. The lowest BCUT2D eigenvalue weighted by molar-refractivity contribution is 1.05. The fourth-order valence-corrected chi connectivity index (χ4v) is 3.61. The molecule has 3 heterocycles. The Labute approximate surface area is 160 Å². The Hall–Kier alpha value is -3.74. The predicted molar refractivity (Wildman–Crippen MR) is 106 cm³/mol. The molecule has 3 aromatic heterocycles. The zero-order chi connectivity index (χ0) is 18.5. The largest absolute Gasteiger partial charge is 0.328 e. The van der Waals surface area contributed by atoms with Gasteiger partial charge < -0.3 is 9.55 Å². The number of rotatable bonds is 4. The van der Waals surface area contributed by atoms with Crippen LogP contribution in [-0.2, 0) is 0 Å². The van der Waals surface area contributed by atoms with Crippen LogP contribution >= 0.6 is 0 Å². The summed E-state index contributed by atoms with van der Waals surface area (Å²) in [6.07, 6.45) is 8.13. The van der Waals surface area contributed by atoms with E-state index in [0.29, 0.717) is 5.92 Å². The van der Waals surface area contributed by atoms with Crippen molar-refractivity contribution >= 4 is 10.9 Å². The van der Waals surface area contributed by atoms with Crippen molar-refractivity contribution in [3.63, 3.8) is 0 Å². The maximum atomic E-state index is 4.57. The highest BCUT2D eigenvalue weighted by Gasteiger charge is 2.25. The molecule has 28 heavy (non-hydrogen) atoms. The van der Waals surface area contributed by atoms with Crippen LogP contribution in [0, 0.1) is 0 Å². The zero-order valence-electron chi connectivity index (χ0n) is 15.0. The van der Waals surface area contributed by atoms with E-state index in [2.05, 4.69) is 71.5 Å². The molecule has 2 aromatic carbocycles. The van der Waals surface area contributed by atoms with Crippen molar-refractivity contribution in [2.45, 2.75) is 18.8 Å². The quantitative estimate of drug-likeness (QED) is 0.501. The number of benzene rings is 2. The van der Waals surface area contributed by atoms with E-state index in [4.69, 9.17) is 0 Å². The standard InChI is InChI=1S/C21H17N7/c1-2-14(8-16(3-1)28-10-19(23-12-28)13-4-5-13)20-17-9-15(21-22-11-24-27-21)6-7-18(17)25-26-20/h1-3,6-13H,4-5H2,(H,25,26)(H,22,24,27). The normalized spacial score (nSPS) is 14.0. The van der Waals surface area contributed by atoms with E-state index in [0.717, 1.165) is 39.2 Å². The first-order valence-electron chi connectivity index (χ1n) is 9.34. The smallest absolute Gasteiger partial charge is 0.161 e. The van der Waals surface area contributed by atoms with Crippen molar-refractivity contribution in [3.8, 4) is 28.3 Å². The van der Waals surface area contributed by atoms with Crippen LogP contribution in [0.4, 0.5) is 0 Å². The monoisotopic (exact) mass is 367 g/mol. The summed E-state index contributed by atoms with van der Waals surface area (Å²) in [7, 11) is 0. The minimum atomic E-state index is 0.647. The molecular weight excluding hydrogens is 350 g/mol. The second kappa shape index (κ2) is 5.88. The molecule has 5 aromatic rings. The summed E-state index contributed by atoms with van der Waals surface area (Å²) in [5, 5.41) is 16.7. The lowest BCUT2D eigenvalue weighted by Gasteiger charge is -2.05. The average Bonchev–Trinajstić information content (AvgIpc) is 3.17. The van der Waals surface area contributed by atoms with Crippen LogP contribution in [0.25, 0.3) is 39.2 Å². The van der Waals surface area contributed by atoms with Gasteiger partial charge in [0.05, 0.1) is 23.2 Å². The van der Waals surface area contributed by atoms with Gasteiger partial charge in [-0.05, 0) is 43.2 Å². The van der Waals surface area contributed by atoms with Gasteiger partial charge in [0.1, 0.15) is 6.33 Å². The van der Waals surface area contributed by atoms with E-state index in [1.54, 1.807) is 6.33 Å². The van der Waals surface area contributed by atoms with Crippen molar-refractivity contribution in [1.82, 2.24) is 34.9 Å². The number of hydrogen-bond donors (Lipinski definition) is 2. The topological polar surface area (TPSA) is 88.1 Å². The van der Waals surface area contributed by atoms with Crippen molar-refractivity contribution in [3.05, 3.63) is 67.0 Å². The predicted octanol–water partition coefficient (Wildman–Crippen LogP) is 4.08. The third kappa shape index (κ3) is 2.51. The number of imidazole rings is 1. The molecule has 136 valence electrons. The van der Waals surface area contributed by atoms with Crippen LogP contribution in [0.1, 0.15) is 24.5 Å². The number of aromatic nitrogens is 7. The number of H-pyrrole nitrogens is 2. The van der Waals surface area contributed by atoms with Gasteiger partial charge in [0, 0.05) is 34.3 Å². The number of aromatic amines is 2. The van der Waals surface area contributed by atoms with Gasteiger partial charge in [0.2, 0.25) is 0 Å². The molecule has 6 rings (SSSR count). The Bertz CT molecular complexity index is 1280. The summed E-state index contributed by atoms with van der Waals surface area (Å²) in [5.74, 6) is 1.39. The summed E-state index contributed by atoms with van der Waals surface area (Å²) in [6, 6.07) is 14.5. The highest BCUT2D eigenvalue weighted by molar-refractivity contribution is 5.95. The van der Waals surface area contributed by atoms with Crippen LogP contribution in [0.5, 0.6) is 0 Å². The van der Waals surface area contributed by atoms with Gasteiger partial charge in [0.15, 0.2) is 5.82 Å². The summed E-state index contributed by atoms with van der Waals surface area (Å²) in [5.41, 5.74) is 6.21. The van der Waals surface area contributed by atoms with Gasteiger partial charge in [-0.1, -0.05) is 12.1 Å². The van der Waals surface area contributed by atoms with Gasteiger partial charge in [-0.2, -0.15) is 5.10 Å². The molecule has 0 unspecified atom stereocenters. The molecular formula is C21H17N7. The summed E-state index contributed by atoms with van der Waals surface area (Å²) >= 11 is 0. The molecule has 0 spiro atoms. The lowest BCUT2D eigenvalue weighted by Crippen LogP contribution is -1.91. The summed E-state index contributed by atoms with van der Waals surface area (Å²) < 4.78 is 2.09. The van der Waals surface area contributed by atoms with Gasteiger partial charge in [-0.3, -0.25) is 5.10 Å². The molecule has 0 bridgehead atoms. The molecule has 0 amide bonds. The molecule has 1 saturated carbocycles. The van der Waals surface area contributed by atoms with Gasteiger partial charge in [-0.25, -0.2) is 4.98 Å². The number of nitrogens with zero attached hydrogens (tertiary/aromatic N) is 5. The molecule has 1 fully saturated rings. The molecule has 0 aliphatic heterocycles. The van der Waals surface area contributed by atoms with E-state index in [-0.39, 0.29) is 0 Å². The van der Waals surface area contributed by atoms with Crippen LogP contribution in [-0.4, -0.2) is 34.9 Å². The van der Waals surface area contributed by atoms with Gasteiger partial charge >= 0.3 is 0 Å². The second-order valence-corrected chi connectivity index (χ2v) is 7.20. The minimum absolute atomic E-state index is 0.647. The molecule has 0 radical (unpaired) electrons. The van der Waals surface area contributed by atoms with Crippen molar-refractivity contribution in [2.75, 3.05) is 0 Å². The van der Waals surface area contributed by atoms with E-state index in [1.807, 2.05) is 18.5 Å². The highest BCUT2D eigenvalue weighted by atomic mass is 15.2. The van der Waals surface area contributed by atoms with E-state index >= 15 is 0 Å². The zero-order valence-corrected chi connectivity index (χ0v) is 15.0. The molecule has 0 saturated heterocycles. The highest BCUT2D eigenvalue weighted by Crippen LogP contribution is 2.39. The summed E-state index contributed by atoms with van der Waals surface area (Å²) in [4.78, 5) is 7.62. The Balaban J connectivity index is 1.43. The van der Waals surface area contributed by atoms with Crippen molar-refractivity contribution in [1.29, 1.82) is 0 Å². The maximum absolute atomic E-state index is 4.57. The number of fused-ring (bicyclic) bond motifs is 1. The molecule has 1 aliphatic rings. The first-order chi connectivity index (χ1) is 13.8. The molecule has 7 heteroatoms. The van der Waals surface area contributed by atoms with Gasteiger partial charge in [-0.15, -0.1) is 10.2 Å². The van der Waals surface area contributed by atoms with Crippen LogP contribution in [0.15, 0.2) is 61.3 Å². The van der Waals surface area contributed by atoms with Crippen LogP contribution in [0.3, 0.4) is 0 Å². The van der Waals surface area contributed by atoms with Crippen molar-refractivity contribution < 1.29 is 0 Å². The fraction of sp³-hybridized carbons (Fsp3) is 0.143. The molecule has 0 atom stereocenters. The minimum Gasteiger partial charge on any atom is -0.328 e. The SMILES string of the molecule is c1cc(-c2n[nH]c3ccc(-c4nnc[nH]4)cc23)cc(-n2cnc(C3CC3)c2)c1. The van der Waals surface area contributed by atoms with E-state index in [9.17, 15) is 0 Å². The fourth-order valence-electron chi connectivity index (χ4n) is 3.61. The van der Waals surface area contributed by atoms with Crippen LogP contribution < -0.4 is 0 Å². The number of nitrogens with one attached hydrogen (secondary N) is 2. The second-order valence-electron chi connectivity index (χ2n) is 7.20. The lowest BCUT2D eigenvalue weighted by atomic mass is 10.0. The Morgan fingerprint density at radius 1 is 1.04 bits per heavy atom. The van der Waals surface area contributed by atoms with Crippen LogP contribution in [0.2, 0.25) is 0 Å². The third-order valence-electron chi connectivity index (χ3n) is 5.27. The first kappa shape index (κ1) is 15.3. The molecule has 2 N–H and O–H groups in total. The maximum Gasteiger partial charge on any atom is 0.161 e. The Kier molecular flexibility index (Phi) is 3.22. The molecule has 7 nitrogen and oxygen atoms in total.